The van der Waals surface area contributed by atoms with E-state index in [-0.39, 0.29) is 0 Å². The van der Waals surface area contributed by atoms with Gasteiger partial charge in [-0.2, -0.15) is 0 Å². The predicted molar refractivity (Wildman–Crippen MR) is 83.4 cm³/mol. The van der Waals surface area contributed by atoms with Crippen LogP contribution in [0.2, 0.25) is 0 Å². The number of aromatic nitrogens is 1. The van der Waals surface area contributed by atoms with E-state index in [1.165, 1.54) is 11.8 Å². The second-order valence-electron chi connectivity index (χ2n) is 5.07. The van der Waals surface area contributed by atoms with Gasteiger partial charge in [-0.1, -0.05) is 25.1 Å². The fourth-order valence-corrected chi connectivity index (χ4v) is 3.00. The molecule has 0 fully saturated rings. The molecule has 1 unspecified atom stereocenters. The van der Waals surface area contributed by atoms with Crippen LogP contribution in [-0.4, -0.2) is 33.9 Å². The third-order valence-corrected chi connectivity index (χ3v) is 4.51. The van der Waals surface area contributed by atoms with E-state index in [9.17, 15) is 9.90 Å². The van der Waals surface area contributed by atoms with Crippen LogP contribution < -0.4 is 5.32 Å². The van der Waals surface area contributed by atoms with Gasteiger partial charge in [-0.25, -0.2) is 0 Å². The molecule has 1 aromatic heterocycles. The van der Waals surface area contributed by atoms with Gasteiger partial charge in [-0.3, -0.25) is 4.79 Å². The Bertz CT molecular complexity index is 563. The van der Waals surface area contributed by atoms with Gasteiger partial charge in [-0.05, 0) is 32.0 Å². The van der Waals surface area contributed by atoms with Gasteiger partial charge >= 0.3 is 5.97 Å². The number of benzene rings is 1. The molecule has 0 bridgehead atoms. The number of aromatic amines is 1. The minimum absolute atomic E-state index is 0.481. The summed E-state index contributed by atoms with van der Waals surface area (Å²) in [6.45, 7) is 4.47. The normalized spacial score (nSPS) is 14.3. The number of hydrogen-bond donors (Lipinski definition) is 3. The Morgan fingerprint density at radius 2 is 2.20 bits per heavy atom. The number of carboxylic acids is 1. The average molecular weight is 292 g/mol. The summed E-state index contributed by atoms with van der Waals surface area (Å²) in [5.74, 6) is -0.329. The molecule has 1 aromatic carbocycles. The number of H-pyrrole nitrogens is 1. The van der Waals surface area contributed by atoms with Crippen LogP contribution in [0.1, 0.15) is 20.3 Å². The third kappa shape index (κ3) is 3.35. The molecule has 3 N–H and O–H groups in total. The summed E-state index contributed by atoms with van der Waals surface area (Å²) < 4.78 is 0. The van der Waals surface area contributed by atoms with Gasteiger partial charge < -0.3 is 15.4 Å². The second kappa shape index (κ2) is 6.33. The first-order valence-corrected chi connectivity index (χ1v) is 7.73. The maximum Gasteiger partial charge on any atom is 0.324 e. The van der Waals surface area contributed by atoms with Crippen LogP contribution in [0.4, 0.5) is 0 Å². The van der Waals surface area contributed by atoms with Crippen LogP contribution in [-0.2, 0) is 4.79 Å². The molecule has 0 amide bonds. The van der Waals surface area contributed by atoms with Gasteiger partial charge in [0.15, 0.2) is 0 Å². The molecule has 1 atom stereocenters. The van der Waals surface area contributed by atoms with Gasteiger partial charge in [0, 0.05) is 16.7 Å². The fourth-order valence-electron chi connectivity index (χ4n) is 1.94. The number of fused-ring (bicyclic) bond motifs is 1. The lowest BCUT2D eigenvalue weighted by Crippen LogP contribution is -2.51. The van der Waals surface area contributed by atoms with E-state index in [2.05, 4.69) is 16.4 Å². The lowest BCUT2D eigenvalue weighted by molar-refractivity contribution is -0.143. The number of aliphatic carboxylic acids is 1. The molecule has 108 valence electrons. The van der Waals surface area contributed by atoms with E-state index >= 15 is 0 Å². The van der Waals surface area contributed by atoms with Crippen molar-refractivity contribution in [3.05, 3.63) is 30.3 Å². The zero-order chi connectivity index (χ0) is 14.6. The number of carboxylic acid groups (broad SMARTS) is 1. The first-order valence-electron chi connectivity index (χ1n) is 6.74. The first-order chi connectivity index (χ1) is 9.55. The summed E-state index contributed by atoms with van der Waals surface area (Å²) in [5, 5.41) is 14.6. The van der Waals surface area contributed by atoms with Crippen molar-refractivity contribution in [3.63, 3.8) is 0 Å². The van der Waals surface area contributed by atoms with Gasteiger partial charge in [0.05, 0.1) is 5.03 Å². The molecule has 0 saturated carbocycles. The van der Waals surface area contributed by atoms with E-state index in [1.54, 1.807) is 6.92 Å². The molecule has 0 aliphatic heterocycles. The predicted octanol–water partition coefficient (Wildman–Crippen LogP) is 3.10. The van der Waals surface area contributed by atoms with Crippen LogP contribution in [0.3, 0.4) is 0 Å². The SMILES string of the molecule is CCCNC(C)(CSc1cc2ccccc2[nH]1)C(=O)O. The van der Waals surface area contributed by atoms with Crippen molar-refractivity contribution in [2.45, 2.75) is 30.8 Å². The molecule has 0 aliphatic carbocycles. The van der Waals surface area contributed by atoms with Crippen LogP contribution in [0, 0.1) is 0 Å². The van der Waals surface area contributed by atoms with Crippen molar-refractivity contribution in [2.24, 2.45) is 0 Å². The Hall–Kier alpha value is -1.46. The van der Waals surface area contributed by atoms with Crippen molar-refractivity contribution in [2.75, 3.05) is 12.3 Å². The number of hydrogen-bond acceptors (Lipinski definition) is 3. The Morgan fingerprint density at radius 1 is 1.45 bits per heavy atom. The largest absolute Gasteiger partial charge is 0.480 e. The molecular formula is C15H20N2O2S. The molecule has 4 nitrogen and oxygen atoms in total. The Kier molecular flexibility index (Phi) is 4.73. The zero-order valence-corrected chi connectivity index (χ0v) is 12.6. The van der Waals surface area contributed by atoms with E-state index in [4.69, 9.17) is 0 Å². The van der Waals surface area contributed by atoms with E-state index in [0.29, 0.717) is 12.3 Å². The first kappa shape index (κ1) is 14.9. The molecule has 2 aromatic rings. The standard InChI is InChI=1S/C15H20N2O2S/c1-3-8-16-15(2,14(18)19)10-20-13-9-11-6-4-5-7-12(11)17-13/h4-7,9,16-17H,3,8,10H2,1-2H3,(H,18,19). The molecule has 0 saturated heterocycles. The quantitative estimate of drug-likeness (QED) is 0.686. The molecule has 0 radical (unpaired) electrons. The van der Waals surface area contributed by atoms with E-state index in [1.807, 2.05) is 31.2 Å². The van der Waals surface area contributed by atoms with Gasteiger partial charge in [0.25, 0.3) is 0 Å². The summed E-state index contributed by atoms with van der Waals surface area (Å²) in [6, 6.07) is 10.1. The number of nitrogens with one attached hydrogen (secondary N) is 2. The Balaban J connectivity index is 2.06. The maximum absolute atomic E-state index is 11.4. The van der Waals surface area contributed by atoms with Crippen molar-refractivity contribution in [1.82, 2.24) is 10.3 Å². The lowest BCUT2D eigenvalue weighted by Gasteiger charge is -2.25. The summed E-state index contributed by atoms with van der Waals surface area (Å²) in [4.78, 5) is 14.7. The van der Waals surface area contributed by atoms with Gasteiger partial charge in [0.1, 0.15) is 5.54 Å². The highest BCUT2D eigenvalue weighted by Crippen LogP contribution is 2.26. The van der Waals surface area contributed by atoms with Crippen molar-refractivity contribution in [3.8, 4) is 0 Å². The topological polar surface area (TPSA) is 65.1 Å². The van der Waals surface area contributed by atoms with E-state index < -0.39 is 11.5 Å². The van der Waals surface area contributed by atoms with Crippen molar-refractivity contribution in [1.29, 1.82) is 0 Å². The molecule has 0 spiro atoms. The van der Waals surface area contributed by atoms with Gasteiger partial charge in [0.2, 0.25) is 0 Å². The fraction of sp³-hybridized carbons (Fsp3) is 0.400. The number of thioether (sulfide) groups is 1. The smallest absolute Gasteiger partial charge is 0.324 e. The van der Waals surface area contributed by atoms with E-state index in [0.717, 1.165) is 22.3 Å². The second-order valence-corrected chi connectivity index (χ2v) is 6.09. The highest BCUT2D eigenvalue weighted by atomic mass is 32.2. The molecule has 2 rings (SSSR count). The minimum atomic E-state index is -0.905. The highest BCUT2D eigenvalue weighted by Gasteiger charge is 2.32. The Morgan fingerprint density at radius 3 is 2.85 bits per heavy atom. The monoisotopic (exact) mass is 292 g/mol. The average Bonchev–Trinajstić information content (AvgIpc) is 2.85. The Labute approximate surface area is 123 Å². The molecule has 1 heterocycles. The number of para-hydroxylation sites is 1. The van der Waals surface area contributed by atoms with Crippen LogP contribution in [0.5, 0.6) is 0 Å². The number of rotatable bonds is 7. The van der Waals surface area contributed by atoms with Crippen LogP contribution in [0.25, 0.3) is 10.9 Å². The van der Waals surface area contributed by atoms with Crippen LogP contribution >= 0.6 is 11.8 Å². The molecule has 20 heavy (non-hydrogen) atoms. The number of carbonyl (C=O) groups is 1. The van der Waals surface area contributed by atoms with Crippen molar-refractivity contribution >= 4 is 28.6 Å². The minimum Gasteiger partial charge on any atom is -0.480 e. The van der Waals surface area contributed by atoms with Gasteiger partial charge in [-0.15, -0.1) is 11.8 Å². The highest BCUT2D eigenvalue weighted by molar-refractivity contribution is 7.99. The maximum atomic E-state index is 11.4. The summed E-state index contributed by atoms with van der Waals surface area (Å²) in [5.41, 5.74) is 0.173. The lowest BCUT2D eigenvalue weighted by atomic mass is 10.1. The third-order valence-electron chi connectivity index (χ3n) is 3.26. The van der Waals surface area contributed by atoms with Crippen molar-refractivity contribution < 1.29 is 9.90 Å². The molecule has 0 aliphatic rings. The molecular weight excluding hydrogens is 272 g/mol. The van der Waals surface area contributed by atoms with Crippen LogP contribution in [0.15, 0.2) is 35.4 Å². The summed E-state index contributed by atoms with van der Waals surface area (Å²) >= 11 is 1.53. The zero-order valence-electron chi connectivity index (χ0n) is 11.8. The summed E-state index contributed by atoms with van der Waals surface area (Å²) in [7, 11) is 0. The summed E-state index contributed by atoms with van der Waals surface area (Å²) in [6.07, 6.45) is 0.917. The molecule has 5 heteroatoms.